The molecule has 7 heteroatoms. The van der Waals surface area contributed by atoms with Crippen molar-refractivity contribution in [1.82, 2.24) is 14.9 Å². The van der Waals surface area contributed by atoms with Crippen molar-refractivity contribution in [1.29, 1.82) is 0 Å². The third kappa shape index (κ3) is 3.48. The molecule has 3 heterocycles. The average Bonchev–Trinajstić information content (AvgIpc) is 2.99. The van der Waals surface area contributed by atoms with E-state index in [1.807, 2.05) is 23.6 Å². The molecule has 3 rings (SSSR count). The van der Waals surface area contributed by atoms with Crippen LogP contribution < -0.4 is 5.32 Å². The highest BCUT2D eigenvalue weighted by Crippen LogP contribution is 2.23. The summed E-state index contributed by atoms with van der Waals surface area (Å²) in [6, 6.07) is 5.60. The van der Waals surface area contributed by atoms with Crippen LogP contribution in [0.2, 0.25) is 0 Å². The van der Waals surface area contributed by atoms with Crippen LogP contribution >= 0.6 is 11.3 Å². The van der Waals surface area contributed by atoms with E-state index in [0.29, 0.717) is 18.1 Å². The van der Waals surface area contributed by atoms with Gasteiger partial charge in [0.25, 0.3) is 0 Å². The molecule has 0 aliphatic carbocycles. The number of hydrogen-bond donors (Lipinski definition) is 1. The fraction of sp³-hybridized carbons (Fsp3) is 0.333. The number of thiazole rings is 1. The Morgan fingerprint density at radius 3 is 3.00 bits per heavy atom. The van der Waals surface area contributed by atoms with Gasteiger partial charge < -0.3 is 10.2 Å². The molecule has 2 amide bonds. The fourth-order valence-corrected chi connectivity index (χ4v) is 3.04. The van der Waals surface area contributed by atoms with Gasteiger partial charge >= 0.3 is 0 Å². The Morgan fingerprint density at radius 2 is 2.23 bits per heavy atom. The summed E-state index contributed by atoms with van der Waals surface area (Å²) in [6.45, 7) is 0.751. The number of rotatable bonds is 4. The summed E-state index contributed by atoms with van der Waals surface area (Å²) in [5, 5.41) is 5.12. The third-order valence-electron chi connectivity index (χ3n) is 3.43. The highest BCUT2D eigenvalue weighted by Gasteiger charge is 2.20. The number of nitrogens with zero attached hydrogens (tertiary/aromatic N) is 3. The minimum atomic E-state index is -0.211. The summed E-state index contributed by atoms with van der Waals surface area (Å²) < 4.78 is 0. The van der Waals surface area contributed by atoms with Gasteiger partial charge in [-0.25, -0.2) is 4.98 Å². The third-order valence-corrected chi connectivity index (χ3v) is 4.19. The molecule has 0 bridgehead atoms. The SMILES string of the molecule is O=C(CN1CCCCC1=O)Nc1nc(-c2ccccn2)cs1. The van der Waals surface area contributed by atoms with Crippen molar-refractivity contribution in [3.8, 4) is 11.4 Å². The van der Waals surface area contributed by atoms with Crippen LogP contribution in [0.1, 0.15) is 19.3 Å². The number of aromatic nitrogens is 2. The Kier molecular flexibility index (Phi) is 4.43. The molecule has 0 atom stereocenters. The maximum absolute atomic E-state index is 12.0. The number of pyridine rings is 1. The van der Waals surface area contributed by atoms with Gasteiger partial charge in [-0.2, -0.15) is 0 Å². The van der Waals surface area contributed by atoms with Crippen molar-refractivity contribution in [3.05, 3.63) is 29.8 Å². The molecule has 1 saturated heterocycles. The first-order chi connectivity index (χ1) is 10.7. The molecule has 1 aliphatic heterocycles. The summed E-state index contributed by atoms with van der Waals surface area (Å²) in [5.74, 6) is -0.160. The highest BCUT2D eigenvalue weighted by atomic mass is 32.1. The molecule has 6 nitrogen and oxygen atoms in total. The molecule has 0 radical (unpaired) electrons. The van der Waals surface area contributed by atoms with E-state index in [9.17, 15) is 9.59 Å². The molecule has 2 aromatic heterocycles. The summed E-state index contributed by atoms with van der Waals surface area (Å²) >= 11 is 1.35. The number of carbonyl (C=O) groups is 2. The molecule has 114 valence electrons. The van der Waals surface area contributed by atoms with Crippen LogP contribution in [-0.4, -0.2) is 39.8 Å². The van der Waals surface area contributed by atoms with Crippen LogP contribution in [0.4, 0.5) is 5.13 Å². The van der Waals surface area contributed by atoms with E-state index in [1.54, 1.807) is 11.1 Å². The van der Waals surface area contributed by atoms with Gasteiger partial charge in [0.15, 0.2) is 5.13 Å². The maximum atomic E-state index is 12.0. The second kappa shape index (κ2) is 6.65. The zero-order valence-electron chi connectivity index (χ0n) is 12.0. The first-order valence-electron chi connectivity index (χ1n) is 7.17. The summed E-state index contributed by atoms with van der Waals surface area (Å²) in [5.41, 5.74) is 1.50. The molecule has 0 unspecified atom stereocenters. The van der Waals surface area contributed by atoms with Crippen LogP contribution in [0.5, 0.6) is 0 Å². The monoisotopic (exact) mass is 316 g/mol. The second-order valence-corrected chi connectivity index (χ2v) is 5.93. The lowest BCUT2D eigenvalue weighted by Crippen LogP contribution is -2.40. The van der Waals surface area contributed by atoms with Gasteiger partial charge in [0, 0.05) is 24.5 Å². The summed E-state index contributed by atoms with van der Waals surface area (Å²) in [4.78, 5) is 33.9. The number of nitrogens with one attached hydrogen (secondary N) is 1. The quantitative estimate of drug-likeness (QED) is 0.938. The highest BCUT2D eigenvalue weighted by molar-refractivity contribution is 7.14. The average molecular weight is 316 g/mol. The predicted octanol–water partition coefficient (Wildman–Crippen LogP) is 2.16. The Hall–Kier alpha value is -2.28. The minimum Gasteiger partial charge on any atom is -0.333 e. The van der Waals surface area contributed by atoms with Gasteiger partial charge in [-0.1, -0.05) is 6.07 Å². The number of piperidine rings is 1. The molecule has 1 N–H and O–H groups in total. The Morgan fingerprint density at radius 1 is 1.32 bits per heavy atom. The number of anilines is 1. The topological polar surface area (TPSA) is 75.2 Å². The van der Waals surface area contributed by atoms with Gasteiger partial charge in [-0.3, -0.25) is 14.6 Å². The van der Waals surface area contributed by atoms with Crippen molar-refractivity contribution in [3.63, 3.8) is 0 Å². The molecular formula is C15H16N4O2S. The van der Waals surface area contributed by atoms with Crippen molar-refractivity contribution < 1.29 is 9.59 Å². The molecule has 22 heavy (non-hydrogen) atoms. The fourth-order valence-electron chi connectivity index (χ4n) is 2.32. The number of hydrogen-bond acceptors (Lipinski definition) is 5. The lowest BCUT2D eigenvalue weighted by Gasteiger charge is -2.25. The molecular weight excluding hydrogens is 300 g/mol. The van der Waals surface area contributed by atoms with Crippen LogP contribution in [0.25, 0.3) is 11.4 Å². The van der Waals surface area contributed by atoms with E-state index in [4.69, 9.17) is 0 Å². The largest absolute Gasteiger partial charge is 0.333 e. The number of carbonyl (C=O) groups excluding carboxylic acids is 2. The predicted molar refractivity (Wildman–Crippen MR) is 84.4 cm³/mol. The van der Waals surface area contributed by atoms with Crippen molar-refractivity contribution in [2.45, 2.75) is 19.3 Å². The van der Waals surface area contributed by atoms with Gasteiger partial charge in [0.05, 0.1) is 12.2 Å². The number of likely N-dealkylation sites (tertiary alicyclic amines) is 1. The summed E-state index contributed by atoms with van der Waals surface area (Å²) in [7, 11) is 0. The van der Waals surface area contributed by atoms with Crippen LogP contribution in [0.15, 0.2) is 29.8 Å². The van der Waals surface area contributed by atoms with Gasteiger partial charge in [-0.05, 0) is 25.0 Å². The van der Waals surface area contributed by atoms with E-state index in [1.165, 1.54) is 11.3 Å². The Balaban J connectivity index is 1.60. The van der Waals surface area contributed by atoms with Gasteiger partial charge in [0.1, 0.15) is 5.69 Å². The van der Waals surface area contributed by atoms with Gasteiger partial charge in [-0.15, -0.1) is 11.3 Å². The van der Waals surface area contributed by atoms with E-state index in [0.717, 1.165) is 24.2 Å². The molecule has 0 saturated carbocycles. The zero-order valence-corrected chi connectivity index (χ0v) is 12.8. The van der Waals surface area contributed by atoms with Crippen LogP contribution in [0.3, 0.4) is 0 Å². The van der Waals surface area contributed by atoms with Crippen LogP contribution in [0, 0.1) is 0 Å². The first-order valence-corrected chi connectivity index (χ1v) is 8.05. The minimum absolute atomic E-state index is 0.0507. The molecule has 0 spiro atoms. The lowest BCUT2D eigenvalue weighted by molar-refractivity contribution is -0.136. The van der Waals surface area contributed by atoms with E-state index in [2.05, 4.69) is 15.3 Å². The first kappa shape index (κ1) is 14.6. The van der Waals surface area contributed by atoms with E-state index >= 15 is 0 Å². The standard InChI is InChI=1S/C15H16N4O2S/c20-13(9-19-8-4-2-6-14(19)21)18-15-17-12(10-22-15)11-5-1-3-7-16-11/h1,3,5,7,10H,2,4,6,8-9H2,(H,17,18,20). The Bertz CT molecular complexity index is 671. The smallest absolute Gasteiger partial charge is 0.245 e. The second-order valence-electron chi connectivity index (χ2n) is 5.07. The molecule has 0 aromatic carbocycles. The van der Waals surface area contributed by atoms with Crippen LogP contribution in [-0.2, 0) is 9.59 Å². The summed E-state index contributed by atoms with van der Waals surface area (Å²) in [6.07, 6.45) is 4.11. The lowest BCUT2D eigenvalue weighted by atomic mass is 10.1. The van der Waals surface area contributed by atoms with Crippen molar-refractivity contribution in [2.75, 3.05) is 18.4 Å². The maximum Gasteiger partial charge on any atom is 0.245 e. The van der Waals surface area contributed by atoms with Crippen molar-refractivity contribution >= 4 is 28.3 Å². The van der Waals surface area contributed by atoms with Crippen molar-refractivity contribution in [2.24, 2.45) is 0 Å². The van der Waals surface area contributed by atoms with Gasteiger partial charge in [0.2, 0.25) is 11.8 Å². The molecule has 1 aliphatic rings. The van der Waals surface area contributed by atoms with E-state index in [-0.39, 0.29) is 18.4 Å². The Labute approximate surface area is 132 Å². The normalized spacial score (nSPS) is 14.9. The molecule has 2 aromatic rings. The number of amides is 2. The zero-order chi connectivity index (χ0) is 15.4. The van der Waals surface area contributed by atoms with E-state index < -0.39 is 0 Å². The molecule has 1 fully saturated rings.